The Morgan fingerprint density at radius 1 is 1.32 bits per heavy atom. The Labute approximate surface area is 133 Å². The first-order valence-corrected chi connectivity index (χ1v) is 8.19. The number of aliphatic hydroxyl groups is 1. The molecule has 0 aliphatic heterocycles. The third kappa shape index (κ3) is 4.65. The second kappa shape index (κ2) is 7.38. The molecule has 1 aliphatic rings. The molecule has 0 amide bonds. The number of anilines is 1. The minimum Gasteiger partial charge on any atom is -0.391 e. The minimum absolute atomic E-state index is 0.121. The molecule has 1 aromatic rings. The molecule has 0 bridgehead atoms. The molecular formula is C17H29N3O2. The van der Waals surface area contributed by atoms with E-state index in [0.29, 0.717) is 19.1 Å². The molecule has 2 rings (SSSR count). The zero-order chi connectivity index (χ0) is 16.2. The number of nitrogens with one attached hydrogen (secondary N) is 1. The van der Waals surface area contributed by atoms with Crippen LogP contribution in [0.2, 0.25) is 0 Å². The summed E-state index contributed by atoms with van der Waals surface area (Å²) in [6, 6.07) is 1.90. The van der Waals surface area contributed by atoms with Gasteiger partial charge in [-0.1, -0.05) is 33.6 Å². The van der Waals surface area contributed by atoms with E-state index >= 15 is 0 Å². The Kier molecular flexibility index (Phi) is 5.75. The van der Waals surface area contributed by atoms with E-state index in [-0.39, 0.29) is 11.5 Å². The summed E-state index contributed by atoms with van der Waals surface area (Å²) in [7, 11) is 1.66. The molecule has 0 radical (unpaired) electrons. The van der Waals surface area contributed by atoms with Crippen LogP contribution in [0.25, 0.3) is 0 Å². The summed E-state index contributed by atoms with van der Waals surface area (Å²) in [5.41, 5.74) is 0.741. The molecule has 0 saturated heterocycles. The van der Waals surface area contributed by atoms with Crippen LogP contribution >= 0.6 is 0 Å². The number of nitrogens with zero attached hydrogens (tertiary/aromatic N) is 2. The van der Waals surface area contributed by atoms with Gasteiger partial charge in [0.05, 0.1) is 18.4 Å². The first-order valence-electron chi connectivity index (χ1n) is 8.19. The average molecular weight is 307 g/mol. The van der Waals surface area contributed by atoms with Gasteiger partial charge in [-0.3, -0.25) is 0 Å². The predicted molar refractivity (Wildman–Crippen MR) is 87.9 cm³/mol. The summed E-state index contributed by atoms with van der Waals surface area (Å²) in [6.45, 7) is 7.28. The molecule has 0 aromatic carbocycles. The van der Waals surface area contributed by atoms with Gasteiger partial charge in [-0.2, -0.15) is 0 Å². The van der Waals surface area contributed by atoms with E-state index in [0.717, 1.165) is 30.2 Å². The van der Waals surface area contributed by atoms with Gasteiger partial charge >= 0.3 is 0 Å². The van der Waals surface area contributed by atoms with E-state index in [1.165, 1.54) is 12.8 Å². The summed E-state index contributed by atoms with van der Waals surface area (Å²) in [6.07, 6.45) is 4.44. The van der Waals surface area contributed by atoms with Crippen molar-refractivity contribution in [3.8, 4) is 0 Å². The van der Waals surface area contributed by atoms with E-state index in [1.807, 2.05) is 6.07 Å². The van der Waals surface area contributed by atoms with Crippen molar-refractivity contribution in [2.24, 2.45) is 5.92 Å². The quantitative estimate of drug-likeness (QED) is 0.846. The van der Waals surface area contributed by atoms with Crippen molar-refractivity contribution in [1.29, 1.82) is 0 Å². The minimum atomic E-state index is -0.304. The molecule has 0 spiro atoms. The molecule has 1 aliphatic carbocycles. The number of aliphatic hydroxyl groups excluding tert-OH is 1. The monoisotopic (exact) mass is 307 g/mol. The third-order valence-electron chi connectivity index (χ3n) is 4.18. The number of aromatic nitrogens is 2. The van der Waals surface area contributed by atoms with E-state index in [2.05, 4.69) is 36.1 Å². The van der Waals surface area contributed by atoms with Crippen LogP contribution in [0.5, 0.6) is 0 Å². The standard InChI is InChI=1S/C17H29N3O2/c1-17(2,3)16-19-13(11-22-4)9-15(20-16)18-10-14(21)12-7-5-6-8-12/h9,12,14,21H,5-8,10-11H2,1-4H3,(H,18,19,20). The van der Waals surface area contributed by atoms with Crippen molar-refractivity contribution < 1.29 is 9.84 Å². The third-order valence-corrected chi connectivity index (χ3v) is 4.18. The Morgan fingerprint density at radius 3 is 2.59 bits per heavy atom. The van der Waals surface area contributed by atoms with Crippen molar-refractivity contribution in [3.05, 3.63) is 17.6 Å². The van der Waals surface area contributed by atoms with Gasteiger partial charge in [-0.05, 0) is 18.8 Å². The first-order chi connectivity index (χ1) is 10.4. The number of methoxy groups -OCH3 is 1. The zero-order valence-corrected chi connectivity index (χ0v) is 14.2. The van der Waals surface area contributed by atoms with Crippen LogP contribution in [0.1, 0.15) is 58.0 Å². The Balaban J connectivity index is 2.06. The van der Waals surface area contributed by atoms with Crippen molar-refractivity contribution in [3.63, 3.8) is 0 Å². The van der Waals surface area contributed by atoms with Crippen LogP contribution in [0.15, 0.2) is 6.07 Å². The largest absolute Gasteiger partial charge is 0.391 e. The zero-order valence-electron chi connectivity index (χ0n) is 14.2. The van der Waals surface area contributed by atoms with E-state index in [4.69, 9.17) is 4.74 Å². The van der Waals surface area contributed by atoms with Gasteiger partial charge in [-0.15, -0.1) is 0 Å². The van der Waals surface area contributed by atoms with Gasteiger partial charge in [0.25, 0.3) is 0 Å². The summed E-state index contributed by atoms with van der Waals surface area (Å²) < 4.78 is 5.19. The number of hydrogen-bond donors (Lipinski definition) is 2. The summed E-state index contributed by atoms with van der Waals surface area (Å²) in [5.74, 6) is 1.98. The van der Waals surface area contributed by atoms with Crippen molar-refractivity contribution in [2.75, 3.05) is 19.0 Å². The maximum atomic E-state index is 10.3. The Morgan fingerprint density at radius 2 is 2.00 bits per heavy atom. The molecule has 1 fully saturated rings. The van der Waals surface area contributed by atoms with Crippen molar-refractivity contribution in [1.82, 2.24) is 9.97 Å². The lowest BCUT2D eigenvalue weighted by Gasteiger charge is -2.21. The summed E-state index contributed by atoms with van der Waals surface area (Å²) in [5, 5.41) is 13.6. The van der Waals surface area contributed by atoms with Crippen LogP contribution < -0.4 is 5.32 Å². The number of rotatable bonds is 6. The van der Waals surface area contributed by atoms with Crippen LogP contribution in [-0.2, 0) is 16.8 Å². The molecule has 5 nitrogen and oxygen atoms in total. The molecule has 1 unspecified atom stereocenters. The van der Waals surface area contributed by atoms with E-state index < -0.39 is 0 Å². The van der Waals surface area contributed by atoms with Crippen LogP contribution in [0.4, 0.5) is 5.82 Å². The van der Waals surface area contributed by atoms with Crippen LogP contribution in [0.3, 0.4) is 0 Å². The van der Waals surface area contributed by atoms with E-state index in [1.54, 1.807) is 7.11 Å². The van der Waals surface area contributed by atoms with Gasteiger partial charge in [0.1, 0.15) is 11.6 Å². The number of hydrogen-bond acceptors (Lipinski definition) is 5. The van der Waals surface area contributed by atoms with E-state index in [9.17, 15) is 5.11 Å². The summed E-state index contributed by atoms with van der Waals surface area (Å²) in [4.78, 5) is 9.16. The SMILES string of the molecule is COCc1cc(NCC(O)C2CCCC2)nc(C(C)(C)C)n1. The van der Waals surface area contributed by atoms with Gasteiger partial charge in [-0.25, -0.2) is 9.97 Å². The maximum Gasteiger partial charge on any atom is 0.136 e. The fourth-order valence-electron chi connectivity index (χ4n) is 2.86. The van der Waals surface area contributed by atoms with Crippen LogP contribution in [0, 0.1) is 5.92 Å². The van der Waals surface area contributed by atoms with Gasteiger partial charge in [0.2, 0.25) is 0 Å². The molecule has 2 N–H and O–H groups in total. The van der Waals surface area contributed by atoms with Gasteiger partial charge in [0, 0.05) is 25.1 Å². The lowest BCUT2D eigenvalue weighted by atomic mass is 9.95. The molecule has 124 valence electrons. The van der Waals surface area contributed by atoms with Crippen molar-refractivity contribution in [2.45, 2.75) is 64.6 Å². The highest BCUT2D eigenvalue weighted by atomic mass is 16.5. The Bertz CT molecular complexity index is 479. The highest BCUT2D eigenvalue weighted by Gasteiger charge is 2.23. The average Bonchev–Trinajstić information content (AvgIpc) is 2.98. The second-order valence-corrected chi connectivity index (χ2v) is 7.24. The predicted octanol–water partition coefficient (Wildman–Crippen LogP) is 2.88. The van der Waals surface area contributed by atoms with Crippen molar-refractivity contribution >= 4 is 5.82 Å². The molecule has 1 aromatic heterocycles. The fourth-order valence-corrected chi connectivity index (χ4v) is 2.86. The number of ether oxygens (including phenoxy) is 1. The second-order valence-electron chi connectivity index (χ2n) is 7.24. The highest BCUT2D eigenvalue weighted by Crippen LogP contribution is 2.28. The fraction of sp³-hybridized carbons (Fsp3) is 0.765. The molecule has 1 saturated carbocycles. The lowest BCUT2D eigenvalue weighted by Crippen LogP contribution is -2.27. The lowest BCUT2D eigenvalue weighted by molar-refractivity contribution is 0.122. The Hall–Kier alpha value is -1.20. The molecule has 1 atom stereocenters. The molecule has 1 heterocycles. The molecule has 5 heteroatoms. The smallest absolute Gasteiger partial charge is 0.136 e. The molecular weight excluding hydrogens is 278 g/mol. The van der Waals surface area contributed by atoms with Gasteiger partial charge in [0.15, 0.2) is 0 Å². The first kappa shape index (κ1) is 17.2. The van der Waals surface area contributed by atoms with Crippen LogP contribution in [-0.4, -0.2) is 34.8 Å². The maximum absolute atomic E-state index is 10.3. The molecule has 22 heavy (non-hydrogen) atoms. The van der Waals surface area contributed by atoms with Gasteiger partial charge < -0.3 is 15.2 Å². The summed E-state index contributed by atoms with van der Waals surface area (Å²) >= 11 is 0. The topological polar surface area (TPSA) is 67.3 Å². The highest BCUT2D eigenvalue weighted by molar-refractivity contribution is 5.37. The normalized spacial score (nSPS) is 17.7.